The first-order chi connectivity index (χ1) is 12.5. The van der Waals surface area contributed by atoms with Crippen LogP contribution in [0, 0.1) is 13.8 Å². The number of aryl methyl sites for hydroxylation is 2. The number of anilines is 1. The molecule has 0 amide bonds. The topological polar surface area (TPSA) is 48.3 Å². The van der Waals surface area contributed by atoms with Crippen molar-refractivity contribution in [2.45, 2.75) is 20.4 Å². The van der Waals surface area contributed by atoms with Gasteiger partial charge in [-0.2, -0.15) is 0 Å². The van der Waals surface area contributed by atoms with Crippen molar-refractivity contribution in [1.29, 1.82) is 0 Å². The number of aromatic nitrogens is 2. The van der Waals surface area contributed by atoms with Gasteiger partial charge in [-0.25, -0.2) is 4.98 Å². The fourth-order valence-corrected chi connectivity index (χ4v) is 3.01. The van der Waals surface area contributed by atoms with Crippen LogP contribution in [0.2, 0.25) is 0 Å². The van der Waals surface area contributed by atoms with Crippen molar-refractivity contribution in [3.8, 4) is 22.8 Å². The third kappa shape index (κ3) is 3.38. The van der Waals surface area contributed by atoms with Crippen molar-refractivity contribution in [1.82, 2.24) is 9.55 Å². The van der Waals surface area contributed by atoms with Crippen LogP contribution in [0.1, 0.15) is 16.7 Å². The van der Waals surface area contributed by atoms with Gasteiger partial charge in [-0.3, -0.25) is 0 Å². The Balaban J connectivity index is 1.82. The summed E-state index contributed by atoms with van der Waals surface area (Å²) >= 11 is 0. The lowest BCUT2D eigenvalue weighted by atomic mass is 10.0. The maximum absolute atomic E-state index is 5.49. The van der Waals surface area contributed by atoms with Gasteiger partial charge in [0.05, 0.1) is 26.1 Å². The number of nitrogens with one attached hydrogen (secondary N) is 1. The molecule has 1 N–H and O–H groups in total. The van der Waals surface area contributed by atoms with E-state index in [2.05, 4.69) is 46.9 Å². The monoisotopic (exact) mass is 351 g/mol. The minimum absolute atomic E-state index is 0.595. The summed E-state index contributed by atoms with van der Waals surface area (Å²) in [5.74, 6) is 2.27. The number of hydrogen-bond acceptors (Lipinski definition) is 4. The number of rotatable bonds is 6. The zero-order chi connectivity index (χ0) is 18.7. The molecule has 0 radical (unpaired) electrons. The molecule has 0 spiro atoms. The fraction of sp³-hybridized carbons (Fsp3) is 0.286. The predicted molar refractivity (Wildman–Crippen MR) is 105 cm³/mol. The lowest BCUT2D eigenvalue weighted by molar-refractivity contribution is 0.352. The van der Waals surface area contributed by atoms with Crippen LogP contribution in [0.3, 0.4) is 0 Å². The quantitative estimate of drug-likeness (QED) is 0.718. The summed E-state index contributed by atoms with van der Waals surface area (Å²) in [7, 11) is 5.31. The first kappa shape index (κ1) is 17.9. The van der Waals surface area contributed by atoms with E-state index in [9.17, 15) is 0 Å². The summed E-state index contributed by atoms with van der Waals surface area (Å²) in [6.07, 6.45) is 1.90. The highest BCUT2D eigenvalue weighted by Crippen LogP contribution is 2.31. The molecule has 0 aliphatic rings. The minimum Gasteiger partial charge on any atom is -0.493 e. The number of para-hydroxylation sites is 1. The third-order valence-corrected chi connectivity index (χ3v) is 4.71. The second-order valence-electron chi connectivity index (χ2n) is 6.33. The molecule has 5 nitrogen and oxygen atoms in total. The molecule has 0 saturated carbocycles. The Morgan fingerprint density at radius 2 is 1.85 bits per heavy atom. The van der Waals surface area contributed by atoms with Crippen LogP contribution >= 0.6 is 0 Å². The first-order valence-corrected chi connectivity index (χ1v) is 8.58. The van der Waals surface area contributed by atoms with Gasteiger partial charge in [0, 0.05) is 24.7 Å². The first-order valence-electron chi connectivity index (χ1n) is 8.58. The minimum atomic E-state index is 0.595. The molecule has 0 fully saturated rings. The van der Waals surface area contributed by atoms with Gasteiger partial charge in [0.1, 0.15) is 0 Å². The van der Waals surface area contributed by atoms with Crippen LogP contribution in [0.25, 0.3) is 11.3 Å². The molecular formula is C21H25N3O2. The van der Waals surface area contributed by atoms with Crippen LogP contribution in [0.15, 0.2) is 42.6 Å². The van der Waals surface area contributed by atoms with E-state index in [-0.39, 0.29) is 0 Å². The van der Waals surface area contributed by atoms with E-state index in [1.54, 1.807) is 14.2 Å². The van der Waals surface area contributed by atoms with Gasteiger partial charge in [-0.15, -0.1) is 0 Å². The smallest absolute Gasteiger partial charge is 0.203 e. The molecule has 0 unspecified atom stereocenters. The molecule has 1 heterocycles. The van der Waals surface area contributed by atoms with Crippen LogP contribution in [0.5, 0.6) is 11.5 Å². The van der Waals surface area contributed by atoms with Crippen LogP contribution < -0.4 is 14.8 Å². The third-order valence-electron chi connectivity index (χ3n) is 4.71. The summed E-state index contributed by atoms with van der Waals surface area (Å²) in [6.45, 7) is 4.85. The van der Waals surface area contributed by atoms with E-state index in [1.807, 2.05) is 31.4 Å². The summed E-state index contributed by atoms with van der Waals surface area (Å²) in [5, 5.41) is 3.39. The molecule has 0 aliphatic heterocycles. The van der Waals surface area contributed by atoms with E-state index >= 15 is 0 Å². The van der Waals surface area contributed by atoms with E-state index in [4.69, 9.17) is 9.47 Å². The predicted octanol–water partition coefficient (Wildman–Crippen LogP) is 4.33. The molecule has 26 heavy (non-hydrogen) atoms. The number of hydrogen-bond donors (Lipinski definition) is 1. The number of methoxy groups -OCH3 is 2. The van der Waals surface area contributed by atoms with Crippen molar-refractivity contribution in [3.63, 3.8) is 0 Å². The van der Waals surface area contributed by atoms with Gasteiger partial charge in [-0.05, 0) is 37.1 Å². The highest BCUT2D eigenvalue weighted by Gasteiger charge is 2.12. The second-order valence-corrected chi connectivity index (χ2v) is 6.33. The van der Waals surface area contributed by atoms with Gasteiger partial charge in [0.2, 0.25) is 5.95 Å². The standard InChI is InChI=1S/C21H25N3O2/c1-14-9-10-16(11-15(14)2)18-13-23-21(24(18)3)22-12-17-7-6-8-19(25-4)20(17)26-5/h6-11,13H,12H2,1-5H3,(H,22,23). The molecule has 2 aromatic carbocycles. The zero-order valence-electron chi connectivity index (χ0n) is 16.0. The van der Waals surface area contributed by atoms with Crippen LogP contribution in [-0.4, -0.2) is 23.8 Å². The number of nitrogens with zero attached hydrogens (tertiary/aromatic N) is 2. The van der Waals surface area contributed by atoms with Gasteiger partial charge in [0.15, 0.2) is 11.5 Å². The van der Waals surface area contributed by atoms with Crippen molar-refractivity contribution in [3.05, 3.63) is 59.3 Å². The number of ether oxygens (including phenoxy) is 2. The molecular weight excluding hydrogens is 326 g/mol. The van der Waals surface area contributed by atoms with Crippen molar-refractivity contribution >= 4 is 5.95 Å². The summed E-state index contributed by atoms with van der Waals surface area (Å²) in [4.78, 5) is 4.54. The Kier molecular flexibility index (Phi) is 5.16. The Hall–Kier alpha value is -2.95. The van der Waals surface area contributed by atoms with E-state index in [0.29, 0.717) is 6.54 Å². The van der Waals surface area contributed by atoms with E-state index in [1.165, 1.54) is 11.1 Å². The number of benzene rings is 2. The highest BCUT2D eigenvalue weighted by atomic mass is 16.5. The maximum atomic E-state index is 5.49. The van der Waals surface area contributed by atoms with Gasteiger partial charge in [0.25, 0.3) is 0 Å². The van der Waals surface area contributed by atoms with Crippen molar-refractivity contribution in [2.24, 2.45) is 7.05 Å². The SMILES string of the molecule is COc1cccc(CNc2ncc(-c3ccc(C)c(C)c3)n2C)c1OC. The fourth-order valence-electron chi connectivity index (χ4n) is 3.01. The molecule has 0 atom stereocenters. The van der Waals surface area contributed by atoms with E-state index < -0.39 is 0 Å². The van der Waals surface area contributed by atoms with Crippen LogP contribution in [0.4, 0.5) is 5.95 Å². The Labute approximate surface area is 154 Å². The van der Waals surface area contributed by atoms with E-state index in [0.717, 1.165) is 34.3 Å². The number of imidazole rings is 1. The summed E-state index contributed by atoms with van der Waals surface area (Å²) < 4.78 is 12.9. The molecule has 136 valence electrons. The second kappa shape index (κ2) is 7.52. The average Bonchev–Trinajstić information content (AvgIpc) is 3.02. The molecule has 3 rings (SSSR count). The normalized spacial score (nSPS) is 10.7. The Morgan fingerprint density at radius 1 is 1.04 bits per heavy atom. The largest absolute Gasteiger partial charge is 0.493 e. The van der Waals surface area contributed by atoms with Gasteiger partial charge in [-0.1, -0.05) is 24.3 Å². The van der Waals surface area contributed by atoms with Crippen LogP contribution in [-0.2, 0) is 13.6 Å². The molecule has 1 aromatic heterocycles. The highest BCUT2D eigenvalue weighted by molar-refractivity contribution is 5.63. The molecule has 5 heteroatoms. The zero-order valence-corrected chi connectivity index (χ0v) is 16.0. The Morgan fingerprint density at radius 3 is 2.54 bits per heavy atom. The van der Waals surface area contributed by atoms with Gasteiger partial charge < -0.3 is 19.4 Å². The van der Waals surface area contributed by atoms with Crippen molar-refractivity contribution in [2.75, 3.05) is 19.5 Å². The molecule has 0 bridgehead atoms. The molecule has 0 saturated heterocycles. The summed E-state index contributed by atoms with van der Waals surface area (Å²) in [5.41, 5.74) is 5.82. The lowest BCUT2D eigenvalue weighted by Gasteiger charge is -2.14. The average molecular weight is 351 g/mol. The van der Waals surface area contributed by atoms with Crippen molar-refractivity contribution < 1.29 is 9.47 Å². The lowest BCUT2D eigenvalue weighted by Crippen LogP contribution is -2.07. The molecule has 0 aliphatic carbocycles. The van der Waals surface area contributed by atoms with Gasteiger partial charge >= 0.3 is 0 Å². The summed E-state index contributed by atoms with van der Waals surface area (Å²) in [6, 6.07) is 12.3. The molecule has 3 aromatic rings. The Bertz CT molecular complexity index is 916. The maximum Gasteiger partial charge on any atom is 0.203 e.